The van der Waals surface area contributed by atoms with Crippen LogP contribution in [0.1, 0.15) is 17.2 Å². The molecule has 2 rings (SSSR count). The predicted octanol–water partition coefficient (Wildman–Crippen LogP) is 2.68. The van der Waals surface area contributed by atoms with Crippen molar-refractivity contribution in [1.29, 1.82) is 0 Å². The number of pyridine rings is 1. The second-order valence-corrected chi connectivity index (χ2v) is 4.17. The first-order valence-electron chi connectivity index (χ1n) is 5.02. The van der Waals surface area contributed by atoms with Crippen LogP contribution in [0, 0.1) is 11.6 Å². The van der Waals surface area contributed by atoms with E-state index in [2.05, 4.69) is 4.98 Å². The van der Waals surface area contributed by atoms with E-state index in [4.69, 9.17) is 17.3 Å². The van der Waals surface area contributed by atoms with Gasteiger partial charge in [-0.05, 0) is 23.8 Å². The van der Waals surface area contributed by atoms with Crippen LogP contribution in [0.15, 0.2) is 30.5 Å². The number of hydrogen-bond acceptors (Lipinski definition) is 3. The zero-order valence-electron chi connectivity index (χ0n) is 9.07. The summed E-state index contributed by atoms with van der Waals surface area (Å²) in [7, 11) is 0. The average Bonchev–Trinajstić information content (AvgIpc) is 2.30. The molecular weight excluding hydrogens is 262 g/mol. The number of nitrogen functional groups attached to an aromatic ring is 1. The van der Waals surface area contributed by atoms with Crippen molar-refractivity contribution >= 4 is 17.4 Å². The molecule has 0 bridgehead atoms. The summed E-state index contributed by atoms with van der Waals surface area (Å²) < 4.78 is 26.1. The average molecular weight is 271 g/mol. The largest absolute Gasteiger partial charge is 0.384 e. The number of anilines is 1. The Hall–Kier alpha value is -1.72. The third-order valence-corrected chi connectivity index (χ3v) is 2.62. The van der Waals surface area contributed by atoms with Gasteiger partial charge in [0, 0.05) is 17.8 Å². The van der Waals surface area contributed by atoms with E-state index in [0.29, 0.717) is 0 Å². The normalized spacial score (nSPS) is 12.4. The molecular formula is C12H9ClF2N2O. The highest BCUT2D eigenvalue weighted by Crippen LogP contribution is 2.28. The Balaban J connectivity index is 2.47. The number of halogens is 3. The number of nitrogens with zero attached hydrogens (tertiary/aromatic N) is 1. The molecule has 0 amide bonds. The Morgan fingerprint density at radius 1 is 1.17 bits per heavy atom. The predicted molar refractivity (Wildman–Crippen MR) is 64.1 cm³/mol. The van der Waals surface area contributed by atoms with Crippen LogP contribution in [-0.4, -0.2) is 10.1 Å². The third-order valence-electron chi connectivity index (χ3n) is 2.41. The SMILES string of the molecule is Nc1ncc(Cl)cc1C(O)c1cc(F)cc(F)c1. The van der Waals surface area contributed by atoms with Crippen LogP contribution in [0.2, 0.25) is 5.02 Å². The molecule has 1 unspecified atom stereocenters. The van der Waals surface area contributed by atoms with E-state index in [0.717, 1.165) is 18.2 Å². The molecule has 0 fully saturated rings. The molecule has 1 aromatic heterocycles. The van der Waals surface area contributed by atoms with Crippen molar-refractivity contribution < 1.29 is 13.9 Å². The number of hydrogen-bond donors (Lipinski definition) is 2. The molecule has 0 aliphatic carbocycles. The molecule has 1 heterocycles. The van der Waals surface area contributed by atoms with Crippen molar-refractivity contribution in [3.8, 4) is 0 Å². The highest BCUT2D eigenvalue weighted by molar-refractivity contribution is 6.30. The molecule has 0 radical (unpaired) electrons. The van der Waals surface area contributed by atoms with Gasteiger partial charge in [-0.2, -0.15) is 0 Å². The molecule has 0 spiro atoms. The zero-order valence-corrected chi connectivity index (χ0v) is 9.83. The van der Waals surface area contributed by atoms with Gasteiger partial charge in [0.25, 0.3) is 0 Å². The minimum atomic E-state index is -1.29. The number of aliphatic hydroxyl groups is 1. The topological polar surface area (TPSA) is 59.1 Å². The van der Waals surface area contributed by atoms with Crippen LogP contribution >= 0.6 is 11.6 Å². The Kier molecular flexibility index (Phi) is 3.45. The molecule has 2 aromatic rings. The number of benzene rings is 1. The lowest BCUT2D eigenvalue weighted by molar-refractivity contribution is 0.219. The van der Waals surface area contributed by atoms with Gasteiger partial charge in [-0.3, -0.25) is 0 Å². The molecule has 18 heavy (non-hydrogen) atoms. The van der Waals surface area contributed by atoms with Crippen LogP contribution in [0.25, 0.3) is 0 Å². The Labute approximate surface area is 107 Å². The summed E-state index contributed by atoms with van der Waals surface area (Å²) in [6.07, 6.45) is 0.0283. The third kappa shape index (κ3) is 2.57. The fourth-order valence-corrected chi connectivity index (χ4v) is 1.76. The van der Waals surface area contributed by atoms with Crippen molar-refractivity contribution in [1.82, 2.24) is 4.98 Å². The summed E-state index contributed by atoms with van der Waals surface area (Å²) in [4.78, 5) is 3.77. The Morgan fingerprint density at radius 2 is 1.78 bits per heavy atom. The summed E-state index contributed by atoms with van der Waals surface area (Å²) in [6.45, 7) is 0. The smallest absolute Gasteiger partial charge is 0.129 e. The number of aromatic nitrogens is 1. The highest BCUT2D eigenvalue weighted by atomic mass is 35.5. The fraction of sp³-hybridized carbons (Fsp3) is 0.0833. The minimum absolute atomic E-state index is 0.0447. The van der Waals surface area contributed by atoms with Crippen LogP contribution < -0.4 is 5.73 Å². The van der Waals surface area contributed by atoms with E-state index >= 15 is 0 Å². The van der Waals surface area contributed by atoms with Gasteiger partial charge in [-0.15, -0.1) is 0 Å². The maximum atomic E-state index is 13.1. The van der Waals surface area contributed by atoms with Gasteiger partial charge < -0.3 is 10.8 Å². The van der Waals surface area contributed by atoms with Crippen molar-refractivity contribution in [3.63, 3.8) is 0 Å². The monoisotopic (exact) mass is 270 g/mol. The molecule has 3 nitrogen and oxygen atoms in total. The molecule has 0 aliphatic rings. The van der Waals surface area contributed by atoms with Gasteiger partial charge in [0.2, 0.25) is 0 Å². The summed E-state index contributed by atoms with van der Waals surface area (Å²) >= 11 is 5.73. The van der Waals surface area contributed by atoms with Gasteiger partial charge >= 0.3 is 0 Å². The molecule has 3 N–H and O–H groups in total. The first kappa shape index (κ1) is 12.7. The van der Waals surface area contributed by atoms with Crippen molar-refractivity contribution in [2.75, 3.05) is 5.73 Å². The van der Waals surface area contributed by atoms with E-state index in [9.17, 15) is 13.9 Å². The maximum absolute atomic E-state index is 13.1. The van der Waals surface area contributed by atoms with E-state index < -0.39 is 17.7 Å². The molecule has 0 saturated carbocycles. The Bertz CT molecular complexity index is 572. The number of rotatable bonds is 2. The second kappa shape index (κ2) is 4.88. The number of nitrogens with two attached hydrogens (primary N) is 1. The van der Waals surface area contributed by atoms with E-state index in [1.54, 1.807) is 0 Å². The van der Waals surface area contributed by atoms with E-state index in [1.807, 2.05) is 0 Å². The van der Waals surface area contributed by atoms with Gasteiger partial charge in [-0.25, -0.2) is 13.8 Å². The second-order valence-electron chi connectivity index (χ2n) is 3.73. The maximum Gasteiger partial charge on any atom is 0.129 e. The first-order valence-corrected chi connectivity index (χ1v) is 5.40. The van der Waals surface area contributed by atoms with Crippen LogP contribution in [-0.2, 0) is 0 Å². The van der Waals surface area contributed by atoms with Crippen LogP contribution in [0.3, 0.4) is 0 Å². The summed E-state index contributed by atoms with van der Waals surface area (Å²) in [5, 5.41) is 10.3. The molecule has 1 atom stereocenters. The quantitative estimate of drug-likeness (QED) is 0.882. The lowest BCUT2D eigenvalue weighted by atomic mass is 10.0. The lowest BCUT2D eigenvalue weighted by Gasteiger charge is -2.13. The molecule has 0 aliphatic heterocycles. The standard InChI is InChI=1S/C12H9ClF2N2O/c13-7-3-10(12(16)17-5-7)11(18)6-1-8(14)4-9(15)2-6/h1-5,11,18H,(H2,16,17). The van der Waals surface area contributed by atoms with Crippen LogP contribution in [0.5, 0.6) is 0 Å². The molecule has 6 heteroatoms. The van der Waals surface area contributed by atoms with Crippen molar-refractivity contribution in [2.24, 2.45) is 0 Å². The fourth-order valence-electron chi connectivity index (χ4n) is 1.60. The Morgan fingerprint density at radius 3 is 2.39 bits per heavy atom. The molecule has 1 aromatic carbocycles. The van der Waals surface area contributed by atoms with Gasteiger partial charge in [0.1, 0.15) is 23.6 Å². The molecule has 0 saturated heterocycles. The van der Waals surface area contributed by atoms with E-state index in [-0.39, 0.29) is 22.0 Å². The summed E-state index contributed by atoms with van der Waals surface area (Å²) in [6, 6.07) is 4.16. The first-order chi connectivity index (χ1) is 8.47. The van der Waals surface area contributed by atoms with Gasteiger partial charge in [-0.1, -0.05) is 11.6 Å². The highest BCUT2D eigenvalue weighted by Gasteiger charge is 2.16. The van der Waals surface area contributed by atoms with Crippen LogP contribution in [0.4, 0.5) is 14.6 Å². The summed E-state index contributed by atoms with van der Waals surface area (Å²) in [5.41, 5.74) is 5.83. The minimum Gasteiger partial charge on any atom is -0.384 e. The lowest BCUT2D eigenvalue weighted by Crippen LogP contribution is -2.06. The van der Waals surface area contributed by atoms with Crippen molar-refractivity contribution in [2.45, 2.75) is 6.10 Å². The van der Waals surface area contributed by atoms with E-state index in [1.165, 1.54) is 12.3 Å². The van der Waals surface area contributed by atoms with Gasteiger partial charge in [0.05, 0.1) is 5.02 Å². The zero-order chi connectivity index (χ0) is 13.3. The molecule has 94 valence electrons. The van der Waals surface area contributed by atoms with Gasteiger partial charge in [0.15, 0.2) is 0 Å². The van der Waals surface area contributed by atoms with Crippen molar-refractivity contribution in [3.05, 3.63) is 58.2 Å². The summed E-state index contributed by atoms with van der Waals surface area (Å²) in [5.74, 6) is -1.51. The number of aliphatic hydroxyl groups excluding tert-OH is 1.